The lowest BCUT2D eigenvalue weighted by atomic mass is 10.2. The van der Waals surface area contributed by atoms with Gasteiger partial charge in [0, 0.05) is 5.92 Å². The van der Waals surface area contributed by atoms with Gasteiger partial charge in [0.15, 0.2) is 5.13 Å². The minimum Gasteiger partial charge on any atom is -0.302 e. The standard InChI is InChI=1S/C13H14N2OS/c1-7-4-3-5-10-11(7)14-13(17-10)15-12(16)9-6-8(9)2/h3-5,8-9H,6H2,1-2H3,(H,14,15,16)/t8-,9+/m0/s1. The number of hydrogen-bond donors (Lipinski definition) is 1. The van der Waals surface area contributed by atoms with Crippen molar-refractivity contribution >= 4 is 32.6 Å². The summed E-state index contributed by atoms with van der Waals surface area (Å²) in [7, 11) is 0. The number of carbonyl (C=O) groups is 1. The van der Waals surface area contributed by atoms with E-state index in [-0.39, 0.29) is 11.8 Å². The van der Waals surface area contributed by atoms with Crippen LogP contribution >= 0.6 is 11.3 Å². The average molecular weight is 246 g/mol. The summed E-state index contributed by atoms with van der Waals surface area (Å²) in [5.41, 5.74) is 2.15. The van der Waals surface area contributed by atoms with Gasteiger partial charge in [-0.1, -0.05) is 30.4 Å². The van der Waals surface area contributed by atoms with Crippen LogP contribution in [0.5, 0.6) is 0 Å². The molecule has 0 saturated heterocycles. The second-order valence-electron chi connectivity index (χ2n) is 4.75. The summed E-state index contributed by atoms with van der Waals surface area (Å²) >= 11 is 1.54. The lowest BCUT2D eigenvalue weighted by Gasteiger charge is -1.98. The van der Waals surface area contributed by atoms with Crippen molar-refractivity contribution in [1.82, 2.24) is 4.98 Å². The van der Waals surface area contributed by atoms with Gasteiger partial charge < -0.3 is 5.32 Å². The van der Waals surface area contributed by atoms with E-state index in [1.807, 2.05) is 25.1 Å². The Morgan fingerprint density at radius 1 is 1.53 bits per heavy atom. The Bertz CT molecular complexity index is 590. The fraction of sp³-hybridized carbons (Fsp3) is 0.385. The van der Waals surface area contributed by atoms with Gasteiger partial charge in [0.25, 0.3) is 0 Å². The maximum Gasteiger partial charge on any atom is 0.229 e. The van der Waals surface area contributed by atoms with E-state index < -0.39 is 0 Å². The molecule has 1 saturated carbocycles. The van der Waals surface area contributed by atoms with Crippen LogP contribution in [0.3, 0.4) is 0 Å². The molecule has 0 bridgehead atoms. The number of aryl methyl sites for hydroxylation is 1. The van der Waals surface area contributed by atoms with Crippen molar-refractivity contribution in [1.29, 1.82) is 0 Å². The van der Waals surface area contributed by atoms with Crippen LogP contribution in [0.4, 0.5) is 5.13 Å². The Hall–Kier alpha value is -1.42. The Balaban J connectivity index is 1.86. The molecule has 1 aromatic heterocycles. The maximum absolute atomic E-state index is 11.8. The molecule has 0 spiro atoms. The van der Waals surface area contributed by atoms with E-state index in [1.54, 1.807) is 11.3 Å². The lowest BCUT2D eigenvalue weighted by Crippen LogP contribution is -2.14. The van der Waals surface area contributed by atoms with Gasteiger partial charge in [-0.05, 0) is 30.9 Å². The van der Waals surface area contributed by atoms with Gasteiger partial charge in [-0.25, -0.2) is 4.98 Å². The van der Waals surface area contributed by atoms with Crippen LogP contribution in [0.25, 0.3) is 10.2 Å². The predicted octanol–water partition coefficient (Wildman–Crippen LogP) is 3.20. The summed E-state index contributed by atoms with van der Waals surface area (Å²) < 4.78 is 1.13. The fourth-order valence-electron chi connectivity index (χ4n) is 2.03. The zero-order chi connectivity index (χ0) is 12.0. The Kier molecular flexibility index (Phi) is 2.40. The van der Waals surface area contributed by atoms with Gasteiger partial charge in [0.1, 0.15) is 0 Å². The number of hydrogen-bond acceptors (Lipinski definition) is 3. The number of amides is 1. The molecule has 0 unspecified atom stereocenters. The van der Waals surface area contributed by atoms with Crippen LogP contribution in [-0.4, -0.2) is 10.9 Å². The van der Waals surface area contributed by atoms with Crippen LogP contribution in [0, 0.1) is 18.8 Å². The molecule has 2 aromatic rings. The van der Waals surface area contributed by atoms with Crippen molar-refractivity contribution in [2.24, 2.45) is 11.8 Å². The van der Waals surface area contributed by atoms with Gasteiger partial charge >= 0.3 is 0 Å². The van der Waals surface area contributed by atoms with Gasteiger partial charge in [0.05, 0.1) is 10.2 Å². The fourth-order valence-corrected chi connectivity index (χ4v) is 2.97. The molecule has 1 aromatic carbocycles. The summed E-state index contributed by atoms with van der Waals surface area (Å²) in [6.07, 6.45) is 1.01. The average Bonchev–Trinajstić information content (AvgIpc) is 2.87. The highest BCUT2D eigenvalue weighted by Gasteiger charge is 2.39. The van der Waals surface area contributed by atoms with E-state index in [0.717, 1.165) is 27.3 Å². The number of carbonyl (C=O) groups excluding carboxylic acids is 1. The molecule has 0 radical (unpaired) electrons. The molecular weight excluding hydrogens is 232 g/mol. The quantitative estimate of drug-likeness (QED) is 0.884. The van der Waals surface area contributed by atoms with Crippen molar-refractivity contribution < 1.29 is 4.79 Å². The molecule has 1 N–H and O–H groups in total. The van der Waals surface area contributed by atoms with E-state index >= 15 is 0 Å². The third-order valence-electron chi connectivity index (χ3n) is 3.30. The number of benzene rings is 1. The normalized spacial score (nSPS) is 22.7. The number of nitrogens with zero attached hydrogens (tertiary/aromatic N) is 1. The van der Waals surface area contributed by atoms with Crippen molar-refractivity contribution in [3.8, 4) is 0 Å². The highest BCUT2D eigenvalue weighted by molar-refractivity contribution is 7.22. The van der Waals surface area contributed by atoms with Gasteiger partial charge in [-0.2, -0.15) is 0 Å². The van der Waals surface area contributed by atoms with Crippen molar-refractivity contribution in [3.63, 3.8) is 0 Å². The van der Waals surface area contributed by atoms with Crippen molar-refractivity contribution in [3.05, 3.63) is 23.8 Å². The topological polar surface area (TPSA) is 42.0 Å². The molecule has 0 aliphatic heterocycles. The van der Waals surface area contributed by atoms with Crippen LogP contribution in [0.15, 0.2) is 18.2 Å². The zero-order valence-corrected chi connectivity index (χ0v) is 10.7. The molecule has 17 heavy (non-hydrogen) atoms. The lowest BCUT2D eigenvalue weighted by molar-refractivity contribution is -0.117. The first kappa shape index (κ1) is 10.7. The summed E-state index contributed by atoms with van der Waals surface area (Å²) in [6.45, 7) is 4.14. The molecule has 1 heterocycles. The number of thiazole rings is 1. The Morgan fingerprint density at radius 3 is 2.94 bits per heavy atom. The van der Waals surface area contributed by atoms with Crippen LogP contribution < -0.4 is 5.32 Å². The number of anilines is 1. The van der Waals surface area contributed by atoms with E-state index in [0.29, 0.717) is 5.92 Å². The van der Waals surface area contributed by atoms with Crippen molar-refractivity contribution in [2.45, 2.75) is 20.3 Å². The molecule has 1 fully saturated rings. The first-order valence-corrected chi connectivity index (χ1v) is 6.64. The SMILES string of the molecule is Cc1cccc2sc(NC(=O)[C@@H]3C[C@@H]3C)nc12. The second kappa shape index (κ2) is 3.81. The number of nitrogens with one attached hydrogen (secondary N) is 1. The van der Waals surface area contributed by atoms with E-state index in [1.165, 1.54) is 0 Å². The first-order valence-electron chi connectivity index (χ1n) is 5.82. The molecule has 3 rings (SSSR count). The van der Waals surface area contributed by atoms with Gasteiger partial charge in [-0.3, -0.25) is 4.79 Å². The highest BCUT2D eigenvalue weighted by Crippen LogP contribution is 2.39. The molecule has 2 atom stereocenters. The summed E-state index contributed by atoms with van der Waals surface area (Å²) in [6, 6.07) is 6.09. The van der Waals surface area contributed by atoms with Crippen LogP contribution in [-0.2, 0) is 4.79 Å². The van der Waals surface area contributed by atoms with Crippen LogP contribution in [0.1, 0.15) is 18.9 Å². The monoisotopic (exact) mass is 246 g/mol. The minimum atomic E-state index is 0.120. The molecule has 1 aliphatic carbocycles. The maximum atomic E-state index is 11.8. The number of rotatable bonds is 2. The largest absolute Gasteiger partial charge is 0.302 e. The summed E-state index contributed by atoms with van der Waals surface area (Å²) in [5.74, 6) is 0.850. The summed E-state index contributed by atoms with van der Waals surface area (Å²) in [4.78, 5) is 16.3. The van der Waals surface area contributed by atoms with E-state index in [4.69, 9.17) is 0 Å². The number of fused-ring (bicyclic) bond motifs is 1. The minimum absolute atomic E-state index is 0.120. The van der Waals surface area contributed by atoms with E-state index in [2.05, 4.69) is 17.2 Å². The van der Waals surface area contributed by atoms with Gasteiger partial charge in [0.2, 0.25) is 5.91 Å². The zero-order valence-electron chi connectivity index (χ0n) is 9.86. The third-order valence-corrected chi connectivity index (χ3v) is 4.23. The number of para-hydroxylation sites is 1. The number of aromatic nitrogens is 1. The smallest absolute Gasteiger partial charge is 0.229 e. The Labute approximate surface area is 104 Å². The summed E-state index contributed by atoms with van der Waals surface area (Å²) in [5, 5.41) is 3.64. The third kappa shape index (κ3) is 1.93. The molecule has 1 aliphatic rings. The van der Waals surface area contributed by atoms with Gasteiger partial charge in [-0.15, -0.1) is 0 Å². The predicted molar refractivity (Wildman–Crippen MR) is 70.3 cm³/mol. The highest BCUT2D eigenvalue weighted by atomic mass is 32.1. The molecule has 88 valence electrons. The molecular formula is C13H14N2OS. The first-order chi connectivity index (χ1) is 8.15. The molecule has 1 amide bonds. The molecule has 4 heteroatoms. The second-order valence-corrected chi connectivity index (χ2v) is 5.78. The van der Waals surface area contributed by atoms with Crippen LogP contribution in [0.2, 0.25) is 0 Å². The van der Waals surface area contributed by atoms with Crippen molar-refractivity contribution in [2.75, 3.05) is 5.32 Å². The molecule has 3 nitrogen and oxygen atoms in total. The Morgan fingerprint density at radius 2 is 2.29 bits per heavy atom. The van der Waals surface area contributed by atoms with E-state index in [9.17, 15) is 4.79 Å².